The van der Waals surface area contributed by atoms with E-state index in [9.17, 15) is 4.79 Å². The maximum Gasteiger partial charge on any atom is 0.251 e. The van der Waals surface area contributed by atoms with E-state index in [0.717, 1.165) is 26.2 Å². The summed E-state index contributed by atoms with van der Waals surface area (Å²) >= 11 is 0. The number of hydrogen-bond acceptors (Lipinski definition) is 3. The molecule has 0 radical (unpaired) electrons. The van der Waals surface area contributed by atoms with E-state index in [1.807, 2.05) is 11.8 Å². The van der Waals surface area contributed by atoms with Crippen LogP contribution in [0.3, 0.4) is 0 Å². The summed E-state index contributed by atoms with van der Waals surface area (Å²) in [4.78, 5) is 13.7. The molecular formula is C10H18N2O2. The van der Waals surface area contributed by atoms with Crippen LogP contribution in [0.2, 0.25) is 0 Å². The van der Waals surface area contributed by atoms with Crippen LogP contribution in [-0.2, 0) is 9.53 Å². The van der Waals surface area contributed by atoms with Gasteiger partial charge in [0.05, 0.1) is 0 Å². The van der Waals surface area contributed by atoms with Gasteiger partial charge in [-0.2, -0.15) is 0 Å². The molecule has 4 heteroatoms. The minimum absolute atomic E-state index is 0.141. The molecule has 0 spiro atoms. The van der Waals surface area contributed by atoms with Crippen molar-refractivity contribution in [3.63, 3.8) is 0 Å². The minimum Gasteiger partial charge on any atom is -0.372 e. The number of rotatable bonds is 2. The number of fused-ring (bicyclic) bond motifs is 1. The Morgan fingerprint density at radius 3 is 2.50 bits per heavy atom. The highest BCUT2D eigenvalue weighted by Gasteiger charge is 2.38. The first-order valence-electron chi connectivity index (χ1n) is 5.24. The van der Waals surface area contributed by atoms with Gasteiger partial charge < -0.3 is 15.0 Å². The summed E-state index contributed by atoms with van der Waals surface area (Å²) in [5.41, 5.74) is 0. The molecule has 2 aliphatic heterocycles. The molecule has 2 heterocycles. The Labute approximate surface area is 84.6 Å². The van der Waals surface area contributed by atoms with Crippen molar-refractivity contribution in [2.75, 3.05) is 33.3 Å². The smallest absolute Gasteiger partial charge is 0.251 e. The van der Waals surface area contributed by atoms with Crippen LogP contribution >= 0.6 is 0 Å². The van der Waals surface area contributed by atoms with Crippen molar-refractivity contribution in [1.29, 1.82) is 0 Å². The molecule has 0 saturated carbocycles. The number of methoxy groups -OCH3 is 1. The van der Waals surface area contributed by atoms with Gasteiger partial charge in [0.15, 0.2) is 0 Å². The van der Waals surface area contributed by atoms with Crippen molar-refractivity contribution in [3.05, 3.63) is 0 Å². The molecule has 2 fully saturated rings. The zero-order valence-corrected chi connectivity index (χ0v) is 8.82. The average Bonchev–Trinajstić information content (AvgIpc) is 2.74. The van der Waals surface area contributed by atoms with Crippen LogP contribution < -0.4 is 5.32 Å². The zero-order chi connectivity index (χ0) is 10.1. The second-order valence-corrected chi connectivity index (χ2v) is 4.30. The molecule has 2 aliphatic rings. The molecule has 80 valence electrons. The Kier molecular flexibility index (Phi) is 2.74. The third-order valence-electron chi connectivity index (χ3n) is 3.40. The number of nitrogens with zero attached hydrogens (tertiary/aromatic N) is 1. The van der Waals surface area contributed by atoms with E-state index >= 15 is 0 Å². The van der Waals surface area contributed by atoms with Gasteiger partial charge in [-0.1, -0.05) is 0 Å². The number of ether oxygens (including phenoxy) is 1. The van der Waals surface area contributed by atoms with E-state index < -0.39 is 0 Å². The van der Waals surface area contributed by atoms with Crippen LogP contribution in [0.25, 0.3) is 0 Å². The van der Waals surface area contributed by atoms with Crippen molar-refractivity contribution in [2.24, 2.45) is 11.8 Å². The molecule has 4 nitrogen and oxygen atoms in total. The lowest BCUT2D eigenvalue weighted by atomic mass is 10.0. The van der Waals surface area contributed by atoms with E-state index in [1.54, 1.807) is 7.11 Å². The van der Waals surface area contributed by atoms with Crippen LogP contribution in [0.15, 0.2) is 0 Å². The van der Waals surface area contributed by atoms with Crippen molar-refractivity contribution >= 4 is 5.91 Å². The topological polar surface area (TPSA) is 41.6 Å². The second-order valence-electron chi connectivity index (χ2n) is 4.30. The van der Waals surface area contributed by atoms with Gasteiger partial charge >= 0.3 is 0 Å². The molecule has 0 aromatic heterocycles. The fourth-order valence-electron chi connectivity index (χ4n) is 2.39. The number of carbonyl (C=O) groups is 1. The van der Waals surface area contributed by atoms with Gasteiger partial charge in [-0.25, -0.2) is 0 Å². The summed E-state index contributed by atoms with van der Waals surface area (Å²) in [6, 6.07) is 0. The number of carbonyl (C=O) groups excluding carboxylic acids is 1. The molecule has 3 atom stereocenters. The molecule has 2 saturated heterocycles. The predicted molar refractivity (Wildman–Crippen MR) is 52.9 cm³/mol. The zero-order valence-electron chi connectivity index (χ0n) is 8.82. The van der Waals surface area contributed by atoms with Gasteiger partial charge in [0.25, 0.3) is 5.91 Å². The van der Waals surface area contributed by atoms with Crippen LogP contribution in [-0.4, -0.2) is 50.2 Å². The molecule has 1 unspecified atom stereocenters. The highest BCUT2D eigenvalue weighted by atomic mass is 16.5. The first-order valence-corrected chi connectivity index (χ1v) is 5.24. The lowest BCUT2D eigenvalue weighted by Crippen LogP contribution is -2.38. The fourth-order valence-corrected chi connectivity index (χ4v) is 2.39. The number of likely N-dealkylation sites (tertiary alicyclic amines) is 1. The number of hydrogen-bond donors (Lipinski definition) is 1. The minimum atomic E-state index is -0.290. The quantitative estimate of drug-likeness (QED) is 0.662. The Balaban J connectivity index is 1.92. The SMILES string of the molecule is COC(C)C(=O)N1C[C@H]2CNC[C@H]2C1. The predicted octanol–water partition coefficient (Wildman–Crippen LogP) is -0.301. The maximum absolute atomic E-state index is 11.8. The lowest BCUT2D eigenvalue weighted by Gasteiger charge is -2.20. The fraction of sp³-hybridized carbons (Fsp3) is 0.900. The summed E-state index contributed by atoms with van der Waals surface area (Å²) in [7, 11) is 1.58. The maximum atomic E-state index is 11.8. The largest absolute Gasteiger partial charge is 0.372 e. The van der Waals surface area contributed by atoms with Gasteiger partial charge in [0.2, 0.25) is 0 Å². The Morgan fingerprint density at radius 2 is 2.00 bits per heavy atom. The second kappa shape index (κ2) is 3.87. The van der Waals surface area contributed by atoms with Gasteiger partial charge in [-0.05, 0) is 18.8 Å². The number of nitrogens with one attached hydrogen (secondary N) is 1. The van der Waals surface area contributed by atoms with Gasteiger partial charge in [-0.3, -0.25) is 4.79 Å². The molecule has 0 bridgehead atoms. The van der Waals surface area contributed by atoms with Crippen LogP contribution in [0.4, 0.5) is 0 Å². The molecular weight excluding hydrogens is 180 g/mol. The van der Waals surface area contributed by atoms with E-state index in [2.05, 4.69) is 5.32 Å². The van der Waals surface area contributed by atoms with Gasteiger partial charge in [0.1, 0.15) is 6.10 Å². The summed E-state index contributed by atoms with van der Waals surface area (Å²) < 4.78 is 5.04. The first kappa shape index (κ1) is 9.93. The Bertz CT molecular complexity index is 220. The van der Waals surface area contributed by atoms with E-state index in [0.29, 0.717) is 11.8 Å². The van der Waals surface area contributed by atoms with Crippen LogP contribution in [0.1, 0.15) is 6.92 Å². The number of amides is 1. The van der Waals surface area contributed by atoms with Crippen molar-refractivity contribution < 1.29 is 9.53 Å². The standard InChI is InChI=1S/C10H18N2O2/c1-7(14-2)10(13)12-5-8-3-11-4-9(8)6-12/h7-9,11H,3-6H2,1-2H3/t7?,8-,9+. The average molecular weight is 198 g/mol. The highest BCUT2D eigenvalue weighted by Crippen LogP contribution is 2.26. The van der Waals surface area contributed by atoms with Crippen LogP contribution in [0, 0.1) is 11.8 Å². The Morgan fingerprint density at radius 1 is 1.43 bits per heavy atom. The Hall–Kier alpha value is -0.610. The normalized spacial score (nSPS) is 33.1. The third kappa shape index (κ3) is 1.64. The summed E-state index contributed by atoms with van der Waals surface area (Å²) in [5, 5.41) is 3.36. The molecule has 0 aromatic carbocycles. The first-order chi connectivity index (χ1) is 6.72. The van der Waals surface area contributed by atoms with Gasteiger partial charge in [0, 0.05) is 33.3 Å². The molecule has 1 amide bonds. The third-order valence-corrected chi connectivity index (χ3v) is 3.40. The monoisotopic (exact) mass is 198 g/mol. The van der Waals surface area contributed by atoms with Gasteiger partial charge in [-0.15, -0.1) is 0 Å². The summed E-state index contributed by atoms with van der Waals surface area (Å²) in [6.07, 6.45) is -0.290. The summed E-state index contributed by atoms with van der Waals surface area (Å²) in [5.74, 6) is 1.48. The van der Waals surface area contributed by atoms with Crippen LogP contribution in [0.5, 0.6) is 0 Å². The van der Waals surface area contributed by atoms with Crippen molar-refractivity contribution in [2.45, 2.75) is 13.0 Å². The highest BCUT2D eigenvalue weighted by molar-refractivity contribution is 5.80. The van der Waals surface area contributed by atoms with Crippen molar-refractivity contribution in [1.82, 2.24) is 10.2 Å². The summed E-state index contributed by atoms with van der Waals surface area (Å²) in [6.45, 7) is 5.76. The molecule has 0 aliphatic carbocycles. The van der Waals surface area contributed by atoms with E-state index in [-0.39, 0.29) is 12.0 Å². The lowest BCUT2D eigenvalue weighted by molar-refractivity contribution is -0.140. The van der Waals surface area contributed by atoms with Crippen molar-refractivity contribution in [3.8, 4) is 0 Å². The molecule has 2 rings (SSSR count). The molecule has 0 aromatic rings. The molecule has 1 N–H and O–H groups in total. The van der Waals surface area contributed by atoms with E-state index in [1.165, 1.54) is 0 Å². The van der Waals surface area contributed by atoms with E-state index in [4.69, 9.17) is 4.74 Å². The molecule has 14 heavy (non-hydrogen) atoms.